The first-order valence-electron chi connectivity index (χ1n) is 6.13. The van der Waals surface area contributed by atoms with Gasteiger partial charge in [0.05, 0.1) is 23.8 Å². The number of benzene rings is 1. The van der Waals surface area contributed by atoms with Crippen LogP contribution in [0.2, 0.25) is 5.02 Å². The summed E-state index contributed by atoms with van der Waals surface area (Å²) in [7, 11) is 1.57. The van der Waals surface area contributed by atoms with E-state index in [0.29, 0.717) is 18.8 Å². The average Bonchev–Trinajstić information content (AvgIpc) is 2.46. The van der Waals surface area contributed by atoms with Crippen LogP contribution in [0.3, 0.4) is 0 Å². The number of nitrogens with one attached hydrogen (secondary N) is 1. The second-order valence-electron chi connectivity index (χ2n) is 4.37. The van der Waals surface area contributed by atoms with E-state index in [9.17, 15) is 9.59 Å². The van der Waals surface area contributed by atoms with E-state index in [1.807, 2.05) is 4.90 Å². The van der Waals surface area contributed by atoms with Crippen LogP contribution in [0, 0.1) is 0 Å². The van der Waals surface area contributed by atoms with E-state index >= 15 is 0 Å². The fourth-order valence-corrected chi connectivity index (χ4v) is 2.41. The highest BCUT2D eigenvalue weighted by atomic mass is 35.5. The second-order valence-corrected chi connectivity index (χ2v) is 4.77. The Balaban J connectivity index is 2.31. The number of morpholine rings is 1. The third-order valence-electron chi connectivity index (χ3n) is 3.19. The minimum absolute atomic E-state index is 0.0418. The van der Waals surface area contributed by atoms with Crippen molar-refractivity contribution in [3.63, 3.8) is 0 Å². The lowest BCUT2D eigenvalue weighted by molar-refractivity contribution is -0.124. The van der Waals surface area contributed by atoms with Crippen molar-refractivity contribution in [2.45, 2.75) is 6.04 Å². The zero-order chi connectivity index (χ0) is 14.7. The number of carboxylic acid groups (broad SMARTS) is 1. The summed E-state index contributed by atoms with van der Waals surface area (Å²) in [5.74, 6) is -1.23. The molecule has 0 aliphatic carbocycles. The Morgan fingerprint density at radius 2 is 2.25 bits per heavy atom. The summed E-state index contributed by atoms with van der Waals surface area (Å²) in [5.41, 5.74) is 0.747. The van der Waals surface area contributed by atoms with Crippen molar-refractivity contribution in [3.05, 3.63) is 28.8 Å². The first-order chi connectivity index (χ1) is 9.54. The van der Waals surface area contributed by atoms with E-state index in [1.54, 1.807) is 19.2 Å². The summed E-state index contributed by atoms with van der Waals surface area (Å²) >= 11 is 5.97. The van der Waals surface area contributed by atoms with Crippen LogP contribution in [0.1, 0.15) is 10.4 Å². The summed E-state index contributed by atoms with van der Waals surface area (Å²) in [5, 5.41) is 11.7. The third kappa shape index (κ3) is 2.86. The molecule has 1 aliphatic heterocycles. The number of halogens is 1. The van der Waals surface area contributed by atoms with Crippen molar-refractivity contribution < 1.29 is 19.4 Å². The van der Waals surface area contributed by atoms with Gasteiger partial charge in [0.15, 0.2) is 0 Å². The SMILES string of the molecule is CNC(=O)C1COCCN1c1ccc(C(=O)O)c(Cl)c1. The quantitative estimate of drug-likeness (QED) is 0.870. The first-order valence-corrected chi connectivity index (χ1v) is 6.51. The van der Waals surface area contributed by atoms with Gasteiger partial charge < -0.3 is 20.1 Å². The van der Waals surface area contributed by atoms with Gasteiger partial charge in [0.25, 0.3) is 0 Å². The van der Waals surface area contributed by atoms with Gasteiger partial charge in [-0.05, 0) is 18.2 Å². The number of carboxylic acids is 1. The molecule has 1 fully saturated rings. The van der Waals surface area contributed by atoms with Crippen LogP contribution >= 0.6 is 11.6 Å². The van der Waals surface area contributed by atoms with E-state index in [4.69, 9.17) is 21.4 Å². The highest BCUT2D eigenvalue weighted by Crippen LogP contribution is 2.26. The number of rotatable bonds is 3. The molecule has 1 amide bonds. The van der Waals surface area contributed by atoms with E-state index in [1.165, 1.54) is 6.07 Å². The fraction of sp³-hybridized carbons (Fsp3) is 0.385. The molecule has 1 atom stereocenters. The average molecular weight is 299 g/mol. The number of nitrogens with zero attached hydrogens (tertiary/aromatic N) is 1. The molecule has 108 valence electrons. The lowest BCUT2D eigenvalue weighted by Crippen LogP contribution is -2.53. The van der Waals surface area contributed by atoms with Crippen molar-refractivity contribution >= 4 is 29.2 Å². The van der Waals surface area contributed by atoms with Crippen LogP contribution < -0.4 is 10.2 Å². The predicted octanol–water partition coefficient (Wildman–Crippen LogP) is 0.989. The Hall–Kier alpha value is -1.79. The van der Waals surface area contributed by atoms with Crippen LogP contribution in [-0.2, 0) is 9.53 Å². The Labute approximate surface area is 121 Å². The third-order valence-corrected chi connectivity index (χ3v) is 3.50. The van der Waals surface area contributed by atoms with Gasteiger partial charge in [0, 0.05) is 19.3 Å². The molecule has 20 heavy (non-hydrogen) atoms. The molecular formula is C13H15ClN2O4. The van der Waals surface area contributed by atoms with Crippen LogP contribution in [0.15, 0.2) is 18.2 Å². The van der Waals surface area contributed by atoms with Gasteiger partial charge in [-0.25, -0.2) is 4.79 Å². The Kier molecular flexibility index (Phi) is 4.46. The van der Waals surface area contributed by atoms with Crippen LogP contribution in [-0.4, -0.2) is 49.8 Å². The van der Waals surface area contributed by atoms with Gasteiger partial charge >= 0.3 is 5.97 Å². The molecule has 0 aromatic heterocycles. The molecule has 1 heterocycles. The number of ether oxygens (including phenoxy) is 1. The van der Waals surface area contributed by atoms with Crippen LogP contribution in [0.5, 0.6) is 0 Å². The maximum atomic E-state index is 11.9. The molecule has 0 bridgehead atoms. The molecule has 0 spiro atoms. The zero-order valence-corrected chi connectivity index (χ0v) is 11.7. The number of aromatic carboxylic acids is 1. The number of anilines is 1. The lowest BCUT2D eigenvalue weighted by atomic mass is 10.1. The largest absolute Gasteiger partial charge is 0.478 e. The molecule has 6 nitrogen and oxygen atoms in total. The number of likely N-dealkylation sites (N-methyl/N-ethyl adjacent to an activating group) is 1. The summed E-state index contributed by atoms with van der Waals surface area (Å²) < 4.78 is 5.32. The first kappa shape index (κ1) is 14.6. The number of amides is 1. The second kappa shape index (κ2) is 6.11. The zero-order valence-electron chi connectivity index (χ0n) is 10.9. The summed E-state index contributed by atoms with van der Waals surface area (Å²) in [6.45, 7) is 1.34. The predicted molar refractivity (Wildman–Crippen MR) is 74.4 cm³/mol. The van der Waals surface area contributed by atoms with E-state index in [0.717, 1.165) is 0 Å². The Bertz CT molecular complexity index is 535. The molecule has 1 aromatic rings. The number of hydrogen-bond donors (Lipinski definition) is 2. The lowest BCUT2D eigenvalue weighted by Gasteiger charge is -2.36. The van der Waals surface area contributed by atoms with Gasteiger partial charge in [-0.1, -0.05) is 11.6 Å². The minimum Gasteiger partial charge on any atom is -0.478 e. The molecule has 1 aromatic carbocycles. The van der Waals surface area contributed by atoms with Gasteiger partial charge in [0.1, 0.15) is 6.04 Å². The Morgan fingerprint density at radius 3 is 2.85 bits per heavy atom. The summed E-state index contributed by atoms with van der Waals surface area (Å²) in [6.07, 6.45) is 0. The molecule has 1 saturated heterocycles. The smallest absolute Gasteiger partial charge is 0.337 e. The van der Waals surface area contributed by atoms with Crippen molar-refractivity contribution in [3.8, 4) is 0 Å². The van der Waals surface area contributed by atoms with Crippen LogP contribution in [0.4, 0.5) is 5.69 Å². The summed E-state index contributed by atoms with van der Waals surface area (Å²) in [6, 6.07) is 4.21. The molecule has 0 saturated carbocycles. The monoisotopic (exact) mass is 298 g/mol. The Morgan fingerprint density at radius 1 is 1.50 bits per heavy atom. The highest BCUT2D eigenvalue weighted by molar-refractivity contribution is 6.33. The normalized spacial score (nSPS) is 18.7. The standard InChI is InChI=1S/C13H15ClN2O4/c1-15-12(17)11-7-20-5-4-16(11)8-2-3-9(13(18)19)10(14)6-8/h2-3,6,11H,4-5,7H2,1H3,(H,15,17)(H,18,19). The van der Waals surface area contributed by atoms with E-state index in [-0.39, 0.29) is 23.1 Å². The van der Waals surface area contributed by atoms with Gasteiger partial charge in [-0.15, -0.1) is 0 Å². The molecule has 2 rings (SSSR count). The van der Waals surface area contributed by atoms with Crippen molar-refractivity contribution in [2.24, 2.45) is 0 Å². The van der Waals surface area contributed by atoms with Crippen LogP contribution in [0.25, 0.3) is 0 Å². The van der Waals surface area contributed by atoms with Gasteiger partial charge in [-0.3, -0.25) is 4.79 Å². The summed E-state index contributed by atoms with van der Waals surface area (Å²) in [4.78, 5) is 24.7. The van der Waals surface area contributed by atoms with Crippen molar-refractivity contribution in [1.82, 2.24) is 5.32 Å². The molecule has 1 aliphatic rings. The molecule has 2 N–H and O–H groups in total. The number of carbonyl (C=O) groups excluding carboxylic acids is 1. The molecular weight excluding hydrogens is 284 g/mol. The highest BCUT2D eigenvalue weighted by Gasteiger charge is 2.29. The van der Waals surface area contributed by atoms with E-state index in [2.05, 4.69) is 5.32 Å². The van der Waals surface area contributed by atoms with Crippen molar-refractivity contribution in [2.75, 3.05) is 31.7 Å². The number of carbonyl (C=O) groups is 2. The molecule has 1 unspecified atom stereocenters. The topological polar surface area (TPSA) is 78.9 Å². The van der Waals surface area contributed by atoms with Gasteiger partial charge in [0.2, 0.25) is 5.91 Å². The fourth-order valence-electron chi connectivity index (χ4n) is 2.15. The van der Waals surface area contributed by atoms with Crippen molar-refractivity contribution in [1.29, 1.82) is 0 Å². The maximum Gasteiger partial charge on any atom is 0.337 e. The van der Waals surface area contributed by atoms with Gasteiger partial charge in [-0.2, -0.15) is 0 Å². The minimum atomic E-state index is -1.08. The van der Waals surface area contributed by atoms with E-state index < -0.39 is 12.0 Å². The maximum absolute atomic E-state index is 11.9. The number of hydrogen-bond acceptors (Lipinski definition) is 4. The molecule has 7 heteroatoms. The molecule has 0 radical (unpaired) electrons.